The first kappa shape index (κ1) is 18.5. The lowest BCUT2D eigenvalue weighted by Crippen LogP contribution is -2.16. The highest BCUT2D eigenvalue weighted by Crippen LogP contribution is 2.47. The number of rotatable bonds is 8. The largest absolute Gasteiger partial charge is 0.507 e. The molecule has 0 amide bonds. The monoisotopic (exact) mass is 374 g/mol. The van der Waals surface area contributed by atoms with Crippen molar-refractivity contribution in [2.24, 2.45) is 5.92 Å². The second kappa shape index (κ2) is 8.47. The topological polar surface area (TPSA) is 50.4 Å². The van der Waals surface area contributed by atoms with Crippen molar-refractivity contribution in [1.82, 2.24) is 0 Å². The van der Waals surface area contributed by atoms with E-state index in [9.17, 15) is 9.90 Å². The van der Waals surface area contributed by atoms with Crippen LogP contribution < -0.4 is 5.63 Å². The van der Waals surface area contributed by atoms with E-state index in [2.05, 4.69) is 12.1 Å². The number of benzene rings is 2. The predicted octanol–water partition coefficient (Wildman–Crippen LogP) is 5.45. The molecule has 4 rings (SSSR count). The maximum Gasteiger partial charge on any atom is 0.343 e. The highest BCUT2D eigenvalue weighted by Gasteiger charge is 2.37. The van der Waals surface area contributed by atoms with Gasteiger partial charge < -0.3 is 9.52 Å². The molecule has 1 unspecified atom stereocenters. The van der Waals surface area contributed by atoms with E-state index in [1.165, 1.54) is 5.56 Å². The molecule has 3 heteroatoms. The van der Waals surface area contributed by atoms with Crippen molar-refractivity contribution in [1.29, 1.82) is 0 Å². The molecule has 3 aromatic rings. The Balaban J connectivity index is 1.46. The van der Waals surface area contributed by atoms with Crippen LogP contribution in [0.4, 0.5) is 0 Å². The van der Waals surface area contributed by atoms with Gasteiger partial charge in [-0.15, -0.1) is 0 Å². The summed E-state index contributed by atoms with van der Waals surface area (Å²) in [6, 6.07) is 22.0. The summed E-state index contributed by atoms with van der Waals surface area (Å²) in [5.74, 6) is 0.981. The second-order valence-electron chi connectivity index (χ2n) is 7.72. The summed E-state index contributed by atoms with van der Waals surface area (Å²) in [6.07, 6.45) is 5.77. The van der Waals surface area contributed by atoms with Gasteiger partial charge in [-0.1, -0.05) is 60.7 Å². The fourth-order valence-electron chi connectivity index (χ4n) is 3.99. The molecule has 28 heavy (non-hydrogen) atoms. The van der Waals surface area contributed by atoms with Gasteiger partial charge >= 0.3 is 5.63 Å². The van der Waals surface area contributed by atoms with E-state index in [0.29, 0.717) is 23.7 Å². The summed E-state index contributed by atoms with van der Waals surface area (Å²) in [6.45, 7) is 0. The normalized spacial score (nSPS) is 14.7. The van der Waals surface area contributed by atoms with Gasteiger partial charge in [0, 0.05) is 18.4 Å². The third kappa shape index (κ3) is 4.36. The molecule has 1 aromatic heterocycles. The van der Waals surface area contributed by atoms with Crippen LogP contribution in [0.3, 0.4) is 0 Å². The van der Waals surface area contributed by atoms with Gasteiger partial charge in [0.1, 0.15) is 11.5 Å². The lowest BCUT2D eigenvalue weighted by Gasteiger charge is -2.17. The van der Waals surface area contributed by atoms with Crippen molar-refractivity contribution in [2.75, 3.05) is 0 Å². The smallest absolute Gasteiger partial charge is 0.343 e. The minimum atomic E-state index is -0.390. The Kier molecular flexibility index (Phi) is 5.61. The Labute approximate surface area is 165 Å². The molecule has 2 aromatic carbocycles. The first-order valence-electron chi connectivity index (χ1n) is 10.2. The van der Waals surface area contributed by atoms with E-state index >= 15 is 0 Å². The van der Waals surface area contributed by atoms with Gasteiger partial charge in [0.25, 0.3) is 0 Å². The maximum atomic E-state index is 12.7. The lowest BCUT2D eigenvalue weighted by molar-refractivity contribution is 0.400. The van der Waals surface area contributed by atoms with E-state index in [1.807, 2.05) is 48.5 Å². The van der Waals surface area contributed by atoms with Gasteiger partial charge in [-0.25, -0.2) is 4.79 Å². The van der Waals surface area contributed by atoms with Gasteiger partial charge in [-0.05, 0) is 49.1 Å². The first-order valence-corrected chi connectivity index (χ1v) is 10.2. The Morgan fingerprint density at radius 1 is 0.929 bits per heavy atom. The molecule has 1 aliphatic rings. The quantitative estimate of drug-likeness (QED) is 0.533. The second-order valence-corrected chi connectivity index (χ2v) is 7.72. The molecule has 0 aliphatic heterocycles. The Morgan fingerprint density at radius 3 is 2.21 bits per heavy atom. The molecule has 3 nitrogen and oxygen atoms in total. The average Bonchev–Trinajstić information content (AvgIpc) is 3.54. The molecule has 0 radical (unpaired) electrons. The average molecular weight is 374 g/mol. The Bertz CT molecular complexity index is 956. The van der Waals surface area contributed by atoms with Gasteiger partial charge in [-0.2, -0.15) is 0 Å². The molecule has 144 valence electrons. The Hall–Kier alpha value is -2.81. The van der Waals surface area contributed by atoms with Gasteiger partial charge in [0.15, 0.2) is 0 Å². The number of aromatic hydroxyl groups is 1. The van der Waals surface area contributed by atoms with Crippen LogP contribution in [-0.4, -0.2) is 5.11 Å². The van der Waals surface area contributed by atoms with Crippen LogP contribution in [0.15, 0.2) is 75.9 Å². The van der Waals surface area contributed by atoms with Crippen LogP contribution in [-0.2, 0) is 12.8 Å². The van der Waals surface area contributed by atoms with Crippen molar-refractivity contribution in [3.63, 3.8) is 0 Å². The van der Waals surface area contributed by atoms with Crippen LogP contribution in [0.5, 0.6) is 5.75 Å². The molecule has 0 bridgehead atoms. The minimum Gasteiger partial charge on any atom is -0.507 e. The van der Waals surface area contributed by atoms with E-state index in [1.54, 1.807) is 6.07 Å². The van der Waals surface area contributed by atoms with Crippen LogP contribution in [0.1, 0.15) is 54.1 Å². The molecule has 0 saturated heterocycles. The first-order chi connectivity index (χ1) is 13.7. The maximum absolute atomic E-state index is 12.7. The van der Waals surface area contributed by atoms with E-state index < -0.39 is 0 Å². The van der Waals surface area contributed by atoms with Crippen LogP contribution in [0, 0.1) is 5.92 Å². The van der Waals surface area contributed by atoms with E-state index in [0.717, 1.165) is 37.7 Å². The molecule has 1 heterocycles. The number of unbranched alkanes of at least 4 members (excludes halogenated alkanes) is 1. The van der Waals surface area contributed by atoms with Crippen LogP contribution in [0.2, 0.25) is 0 Å². The van der Waals surface area contributed by atoms with Crippen LogP contribution in [0.25, 0.3) is 0 Å². The van der Waals surface area contributed by atoms with E-state index in [4.69, 9.17) is 4.42 Å². The number of hydrogen-bond acceptors (Lipinski definition) is 3. The summed E-state index contributed by atoms with van der Waals surface area (Å²) in [7, 11) is 0. The van der Waals surface area contributed by atoms with E-state index in [-0.39, 0.29) is 17.3 Å². The fraction of sp³-hybridized carbons (Fsp3) is 0.320. The molecule has 1 fully saturated rings. The predicted molar refractivity (Wildman–Crippen MR) is 111 cm³/mol. The fourth-order valence-corrected chi connectivity index (χ4v) is 3.99. The summed E-state index contributed by atoms with van der Waals surface area (Å²) in [4.78, 5) is 12.7. The van der Waals surface area contributed by atoms with Crippen molar-refractivity contribution < 1.29 is 9.52 Å². The minimum absolute atomic E-state index is 0.0788. The van der Waals surface area contributed by atoms with Gasteiger partial charge in [0.2, 0.25) is 0 Å². The zero-order valence-electron chi connectivity index (χ0n) is 16.0. The number of hydrogen-bond donors (Lipinski definition) is 1. The molecule has 0 spiro atoms. The zero-order valence-corrected chi connectivity index (χ0v) is 16.0. The summed E-state index contributed by atoms with van der Waals surface area (Å²) >= 11 is 0. The third-order valence-corrected chi connectivity index (χ3v) is 5.56. The highest BCUT2D eigenvalue weighted by atomic mass is 16.4. The zero-order chi connectivity index (χ0) is 19.3. The molecule has 1 aliphatic carbocycles. The van der Waals surface area contributed by atoms with Crippen molar-refractivity contribution in [3.05, 3.63) is 99.6 Å². The Morgan fingerprint density at radius 2 is 1.57 bits per heavy atom. The molecular formula is C25H26O3. The highest BCUT2D eigenvalue weighted by molar-refractivity contribution is 5.41. The summed E-state index contributed by atoms with van der Waals surface area (Å²) in [5.41, 5.74) is 2.42. The van der Waals surface area contributed by atoms with Crippen molar-refractivity contribution in [2.45, 2.75) is 44.4 Å². The standard InChI is InChI=1S/C25H26O3/c26-22-17-21(14-8-7-11-18-9-3-1-4-10-18)28-25(27)24(22)23(20-15-16-20)19-12-5-2-6-13-19/h1-6,9-10,12-13,17,20,23,26H,7-8,11,14-16H2. The molecule has 1 N–H and O–H groups in total. The number of aryl methyl sites for hydroxylation is 2. The van der Waals surface area contributed by atoms with Crippen molar-refractivity contribution >= 4 is 0 Å². The van der Waals surface area contributed by atoms with Gasteiger partial charge in [-0.3, -0.25) is 0 Å². The van der Waals surface area contributed by atoms with Crippen LogP contribution >= 0.6 is 0 Å². The molecule has 1 atom stereocenters. The SMILES string of the molecule is O=c1oc(CCCCc2ccccc2)cc(O)c1C(c1ccccc1)C1CC1. The van der Waals surface area contributed by atoms with Gasteiger partial charge in [0.05, 0.1) is 5.56 Å². The van der Waals surface area contributed by atoms with Crippen molar-refractivity contribution in [3.8, 4) is 5.75 Å². The third-order valence-electron chi connectivity index (χ3n) is 5.56. The lowest BCUT2D eigenvalue weighted by atomic mass is 9.87. The molecule has 1 saturated carbocycles. The molecular weight excluding hydrogens is 348 g/mol. The summed E-state index contributed by atoms with van der Waals surface area (Å²) < 4.78 is 5.61. The summed E-state index contributed by atoms with van der Waals surface area (Å²) in [5, 5.41) is 10.7.